The van der Waals surface area contributed by atoms with Gasteiger partial charge in [0.1, 0.15) is 0 Å². The average molecular weight is 354 g/mol. The minimum absolute atomic E-state index is 0.0530. The second-order valence-electron chi connectivity index (χ2n) is 6.08. The number of carbonyl (C=O) groups excluding carboxylic acids is 3. The van der Waals surface area contributed by atoms with Gasteiger partial charge in [0.15, 0.2) is 0 Å². The quantitative estimate of drug-likeness (QED) is 0.575. The van der Waals surface area contributed by atoms with Crippen LogP contribution in [0.25, 0.3) is 0 Å². The Balaban J connectivity index is 2.31. The summed E-state index contributed by atoms with van der Waals surface area (Å²) in [6.07, 6.45) is -1.25. The number of ether oxygens (including phenoxy) is 2. The molecule has 5 nitrogen and oxygen atoms in total. The molecule has 2 aromatic carbocycles. The van der Waals surface area contributed by atoms with Gasteiger partial charge in [-0.25, -0.2) is 9.59 Å². The molecule has 0 fully saturated rings. The van der Waals surface area contributed by atoms with Gasteiger partial charge in [-0.15, -0.1) is 0 Å². The summed E-state index contributed by atoms with van der Waals surface area (Å²) in [5.74, 6) is -2.10. The van der Waals surface area contributed by atoms with Crippen molar-refractivity contribution in [3.8, 4) is 0 Å². The summed E-state index contributed by atoms with van der Waals surface area (Å²) in [7, 11) is 0. The summed E-state index contributed by atoms with van der Waals surface area (Å²) < 4.78 is 10.2. The standard InChI is InChI=1S/C21H22O5/c1-4-18(22)25-21(24)19(15-10-6-5-7-11-15)26-20(23)17-13-9-8-12-16(17)14(2)3/h5-14,19H,4H2,1-3H3. The van der Waals surface area contributed by atoms with E-state index in [4.69, 9.17) is 9.47 Å². The number of hydrogen-bond donors (Lipinski definition) is 0. The van der Waals surface area contributed by atoms with E-state index in [0.717, 1.165) is 5.56 Å². The maximum Gasteiger partial charge on any atom is 0.359 e. The number of carbonyl (C=O) groups is 3. The molecule has 0 aliphatic rings. The van der Waals surface area contributed by atoms with Gasteiger partial charge in [0.25, 0.3) is 0 Å². The molecule has 0 saturated heterocycles. The van der Waals surface area contributed by atoms with E-state index < -0.39 is 24.0 Å². The minimum atomic E-state index is -1.31. The van der Waals surface area contributed by atoms with Crippen LogP contribution in [-0.2, 0) is 19.1 Å². The van der Waals surface area contributed by atoms with E-state index in [1.165, 1.54) is 0 Å². The molecule has 0 amide bonds. The van der Waals surface area contributed by atoms with Crippen molar-refractivity contribution < 1.29 is 23.9 Å². The third kappa shape index (κ3) is 4.79. The van der Waals surface area contributed by atoms with Crippen LogP contribution in [0.4, 0.5) is 0 Å². The van der Waals surface area contributed by atoms with Crippen molar-refractivity contribution in [1.29, 1.82) is 0 Å². The summed E-state index contributed by atoms with van der Waals surface area (Å²) in [6.45, 7) is 5.52. The van der Waals surface area contributed by atoms with E-state index in [9.17, 15) is 14.4 Å². The van der Waals surface area contributed by atoms with Crippen molar-refractivity contribution in [3.63, 3.8) is 0 Å². The molecule has 0 aliphatic heterocycles. The maximum atomic E-state index is 12.7. The molecule has 5 heteroatoms. The van der Waals surface area contributed by atoms with E-state index in [0.29, 0.717) is 11.1 Å². The molecular formula is C21H22O5. The van der Waals surface area contributed by atoms with Gasteiger partial charge >= 0.3 is 17.9 Å². The van der Waals surface area contributed by atoms with E-state index in [-0.39, 0.29) is 12.3 Å². The first-order chi connectivity index (χ1) is 12.4. The van der Waals surface area contributed by atoms with Gasteiger partial charge in [-0.3, -0.25) is 4.79 Å². The zero-order valence-electron chi connectivity index (χ0n) is 15.1. The van der Waals surface area contributed by atoms with E-state index in [1.54, 1.807) is 49.4 Å². The molecule has 0 bridgehead atoms. The van der Waals surface area contributed by atoms with Crippen LogP contribution in [0.5, 0.6) is 0 Å². The Morgan fingerprint density at radius 3 is 2.15 bits per heavy atom. The molecular weight excluding hydrogens is 332 g/mol. The Bertz CT molecular complexity index is 780. The highest BCUT2D eigenvalue weighted by molar-refractivity contribution is 5.95. The van der Waals surface area contributed by atoms with Gasteiger partial charge in [-0.2, -0.15) is 0 Å². The lowest BCUT2D eigenvalue weighted by Crippen LogP contribution is -2.24. The summed E-state index contributed by atoms with van der Waals surface area (Å²) in [5.41, 5.74) is 1.65. The van der Waals surface area contributed by atoms with Gasteiger partial charge in [0.2, 0.25) is 6.10 Å². The lowest BCUT2D eigenvalue weighted by molar-refractivity contribution is -0.166. The fourth-order valence-corrected chi connectivity index (χ4v) is 2.47. The van der Waals surface area contributed by atoms with Crippen molar-refractivity contribution in [2.24, 2.45) is 0 Å². The van der Waals surface area contributed by atoms with Crippen molar-refractivity contribution >= 4 is 17.9 Å². The third-order valence-corrected chi connectivity index (χ3v) is 3.85. The molecule has 0 aromatic heterocycles. The van der Waals surface area contributed by atoms with Crippen LogP contribution in [0.2, 0.25) is 0 Å². The minimum Gasteiger partial charge on any atom is -0.442 e. The van der Waals surface area contributed by atoms with Crippen molar-refractivity contribution in [1.82, 2.24) is 0 Å². The van der Waals surface area contributed by atoms with Crippen LogP contribution in [0.1, 0.15) is 60.7 Å². The Hall–Kier alpha value is -2.95. The summed E-state index contributed by atoms with van der Waals surface area (Å²) in [5, 5.41) is 0. The fraction of sp³-hybridized carbons (Fsp3) is 0.286. The molecule has 0 radical (unpaired) electrons. The van der Waals surface area contributed by atoms with Gasteiger partial charge < -0.3 is 9.47 Å². The highest BCUT2D eigenvalue weighted by atomic mass is 16.6. The smallest absolute Gasteiger partial charge is 0.359 e. The lowest BCUT2D eigenvalue weighted by Gasteiger charge is -2.18. The molecule has 136 valence electrons. The van der Waals surface area contributed by atoms with Crippen LogP contribution in [-0.4, -0.2) is 17.9 Å². The second-order valence-corrected chi connectivity index (χ2v) is 6.08. The summed E-state index contributed by atoms with van der Waals surface area (Å²) in [6, 6.07) is 15.6. The Kier molecular flexibility index (Phi) is 6.67. The van der Waals surface area contributed by atoms with E-state index in [2.05, 4.69) is 0 Å². The van der Waals surface area contributed by atoms with Crippen LogP contribution in [0.15, 0.2) is 54.6 Å². The van der Waals surface area contributed by atoms with E-state index >= 15 is 0 Å². The molecule has 2 aromatic rings. The molecule has 1 atom stereocenters. The molecule has 2 rings (SSSR count). The van der Waals surface area contributed by atoms with Gasteiger partial charge in [-0.1, -0.05) is 69.3 Å². The molecule has 1 unspecified atom stereocenters. The molecule has 0 N–H and O–H groups in total. The summed E-state index contributed by atoms with van der Waals surface area (Å²) >= 11 is 0. The Labute approximate surface area is 152 Å². The maximum absolute atomic E-state index is 12.7. The molecule has 0 spiro atoms. The van der Waals surface area contributed by atoms with Crippen molar-refractivity contribution in [2.45, 2.75) is 39.2 Å². The van der Waals surface area contributed by atoms with Crippen molar-refractivity contribution in [2.75, 3.05) is 0 Å². The van der Waals surface area contributed by atoms with Gasteiger partial charge in [0, 0.05) is 12.0 Å². The van der Waals surface area contributed by atoms with Crippen LogP contribution >= 0.6 is 0 Å². The topological polar surface area (TPSA) is 69.7 Å². The van der Waals surface area contributed by atoms with Gasteiger partial charge in [0.05, 0.1) is 5.56 Å². The van der Waals surface area contributed by atoms with Gasteiger partial charge in [-0.05, 0) is 17.5 Å². The Morgan fingerprint density at radius 2 is 1.54 bits per heavy atom. The largest absolute Gasteiger partial charge is 0.442 e. The first-order valence-electron chi connectivity index (χ1n) is 8.53. The number of benzene rings is 2. The molecule has 26 heavy (non-hydrogen) atoms. The molecule has 0 aliphatic carbocycles. The van der Waals surface area contributed by atoms with Crippen LogP contribution < -0.4 is 0 Å². The second kappa shape index (κ2) is 8.94. The number of hydrogen-bond acceptors (Lipinski definition) is 5. The number of rotatable bonds is 6. The zero-order chi connectivity index (χ0) is 19.1. The lowest BCUT2D eigenvalue weighted by atomic mass is 9.97. The first-order valence-corrected chi connectivity index (χ1v) is 8.53. The normalized spacial score (nSPS) is 11.7. The third-order valence-electron chi connectivity index (χ3n) is 3.85. The monoisotopic (exact) mass is 354 g/mol. The predicted molar refractivity (Wildman–Crippen MR) is 96.5 cm³/mol. The molecule has 0 heterocycles. The highest BCUT2D eigenvalue weighted by Gasteiger charge is 2.29. The van der Waals surface area contributed by atoms with Crippen LogP contribution in [0.3, 0.4) is 0 Å². The predicted octanol–water partition coefficient (Wildman–Crippen LogP) is 4.19. The zero-order valence-corrected chi connectivity index (χ0v) is 15.1. The number of esters is 3. The molecule has 0 saturated carbocycles. The Morgan fingerprint density at radius 1 is 0.923 bits per heavy atom. The van der Waals surface area contributed by atoms with E-state index in [1.807, 2.05) is 26.0 Å². The first kappa shape index (κ1) is 19.4. The SMILES string of the molecule is CCC(=O)OC(=O)C(OC(=O)c1ccccc1C(C)C)c1ccccc1. The summed E-state index contributed by atoms with van der Waals surface area (Å²) in [4.78, 5) is 36.6. The average Bonchev–Trinajstić information content (AvgIpc) is 2.66. The van der Waals surface area contributed by atoms with Crippen LogP contribution in [0, 0.1) is 0 Å². The highest BCUT2D eigenvalue weighted by Crippen LogP contribution is 2.25. The fourth-order valence-electron chi connectivity index (χ4n) is 2.47. The van der Waals surface area contributed by atoms with Crippen molar-refractivity contribution in [3.05, 3.63) is 71.3 Å².